The highest BCUT2D eigenvalue weighted by Crippen LogP contribution is 2.22. The Balaban J connectivity index is 1.95. The number of thioether (sulfide) groups is 1. The molecule has 0 bridgehead atoms. The third kappa shape index (κ3) is 4.12. The van der Waals surface area contributed by atoms with Crippen molar-refractivity contribution in [3.63, 3.8) is 0 Å². The monoisotopic (exact) mass is 285 g/mol. The van der Waals surface area contributed by atoms with E-state index in [4.69, 9.17) is 5.73 Å². The van der Waals surface area contributed by atoms with Crippen LogP contribution in [0.15, 0.2) is 36.4 Å². The number of aryl methyl sites for hydroxylation is 3. The van der Waals surface area contributed by atoms with Gasteiger partial charge in [0.1, 0.15) is 0 Å². The van der Waals surface area contributed by atoms with Crippen molar-refractivity contribution in [1.82, 2.24) is 0 Å². The number of rotatable bonds is 5. The minimum Gasteiger partial charge on any atom is -0.326 e. The van der Waals surface area contributed by atoms with Crippen molar-refractivity contribution in [2.24, 2.45) is 5.73 Å². The Labute approximate surface area is 126 Å². The largest absolute Gasteiger partial charge is 0.326 e. The molecule has 0 atom stereocenters. The number of hydrogen-bond acceptors (Lipinski definition) is 2. The molecule has 2 aromatic rings. The van der Waals surface area contributed by atoms with Crippen LogP contribution in [0.25, 0.3) is 0 Å². The van der Waals surface area contributed by atoms with E-state index in [1.807, 2.05) is 11.8 Å². The van der Waals surface area contributed by atoms with E-state index in [0.29, 0.717) is 6.54 Å². The zero-order valence-electron chi connectivity index (χ0n) is 12.6. The lowest BCUT2D eigenvalue weighted by Gasteiger charge is -2.09. The van der Waals surface area contributed by atoms with Crippen LogP contribution in [-0.2, 0) is 18.1 Å². The minimum atomic E-state index is 0.622. The molecule has 0 unspecified atom stereocenters. The van der Waals surface area contributed by atoms with E-state index in [9.17, 15) is 0 Å². The molecule has 0 aromatic heterocycles. The van der Waals surface area contributed by atoms with Gasteiger partial charge in [-0.05, 0) is 43.0 Å². The fourth-order valence-corrected chi connectivity index (χ4v) is 3.53. The third-order valence-corrected chi connectivity index (χ3v) is 4.50. The Hall–Kier alpha value is -1.25. The van der Waals surface area contributed by atoms with E-state index in [0.717, 1.165) is 11.5 Å². The molecule has 2 aromatic carbocycles. The smallest absolute Gasteiger partial charge is 0.0190 e. The van der Waals surface area contributed by atoms with Gasteiger partial charge < -0.3 is 5.73 Å². The second kappa shape index (κ2) is 6.96. The fraction of sp³-hybridized carbons (Fsp3) is 0.333. The molecule has 1 nitrogen and oxygen atoms in total. The van der Waals surface area contributed by atoms with Gasteiger partial charge in [-0.25, -0.2) is 0 Å². The maximum atomic E-state index is 5.67. The molecule has 0 spiro atoms. The van der Waals surface area contributed by atoms with Gasteiger partial charge in [0.15, 0.2) is 0 Å². The standard InChI is InChI=1S/C18H23NS/c1-13-6-14(2)8-17(7-13)11-20-12-18-5-4-16(10-19)9-15(18)3/h4-9H,10-12,19H2,1-3H3. The molecule has 20 heavy (non-hydrogen) atoms. The van der Waals surface area contributed by atoms with Gasteiger partial charge in [-0.3, -0.25) is 0 Å². The van der Waals surface area contributed by atoms with Crippen LogP contribution in [0, 0.1) is 20.8 Å². The molecule has 2 N–H and O–H groups in total. The molecule has 0 aliphatic rings. The van der Waals surface area contributed by atoms with E-state index in [-0.39, 0.29) is 0 Å². The Bertz CT molecular complexity index is 570. The van der Waals surface area contributed by atoms with E-state index in [1.54, 1.807) is 0 Å². The second-order valence-electron chi connectivity index (χ2n) is 5.45. The van der Waals surface area contributed by atoms with Crippen LogP contribution in [0.3, 0.4) is 0 Å². The first-order valence-electron chi connectivity index (χ1n) is 7.02. The predicted molar refractivity (Wildman–Crippen MR) is 90.0 cm³/mol. The van der Waals surface area contributed by atoms with Gasteiger partial charge >= 0.3 is 0 Å². The first kappa shape index (κ1) is 15.1. The van der Waals surface area contributed by atoms with Gasteiger partial charge in [-0.15, -0.1) is 0 Å². The Morgan fingerprint density at radius 1 is 0.850 bits per heavy atom. The summed E-state index contributed by atoms with van der Waals surface area (Å²) in [6.45, 7) is 7.12. The molecule has 0 aliphatic heterocycles. The van der Waals surface area contributed by atoms with Crippen LogP contribution in [0.2, 0.25) is 0 Å². The summed E-state index contributed by atoms with van der Waals surface area (Å²) in [4.78, 5) is 0. The highest BCUT2D eigenvalue weighted by molar-refractivity contribution is 7.97. The second-order valence-corrected chi connectivity index (χ2v) is 6.44. The molecule has 0 aliphatic carbocycles. The van der Waals surface area contributed by atoms with Gasteiger partial charge in [-0.1, -0.05) is 47.5 Å². The summed E-state index contributed by atoms with van der Waals surface area (Å²) in [6.07, 6.45) is 0. The minimum absolute atomic E-state index is 0.622. The molecule has 0 amide bonds. The van der Waals surface area contributed by atoms with Crippen LogP contribution in [0.1, 0.15) is 33.4 Å². The number of benzene rings is 2. The molecular formula is C18H23NS. The average molecular weight is 285 g/mol. The quantitative estimate of drug-likeness (QED) is 0.875. The van der Waals surface area contributed by atoms with Crippen LogP contribution in [-0.4, -0.2) is 0 Å². The van der Waals surface area contributed by atoms with Crippen molar-refractivity contribution in [2.75, 3.05) is 0 Å². The van der Waals surface area contributed by atoms with E-state index >= 15 is 0 Å². The van der Waals surface area contributed by atoms with Gasteiger partial charge in [0.2, 0.25) is 0 Å². The van der Waals surface area contributed by atoms with Gasteiger partial charge in [-0.2, -0.15) is 11.8 Å². The molecule has 2 rings (SSSR count). The van der Waals surface area contributed by atoms with Gasteiger partial charge in [0, 0.05) is 18.1 Å². The van der Waals surface area contributed by atoms with E-state index < -0.39 is 0 Å². The highest BCUT2D eigenvalue weighted by Gasteiger charge is 2.02. The molecule has 0 saturated carbocycles. The van der Waals surface area contributed by atoms with Crippen LogP contribution in [0.5, 0.6) is 0 Å². The SMILES string of the molecule is Cc1cc(C)cc(CSCc2ccc(CN)cc2C)c1. The van der Waals surface area contributed by atoms with Crippen LogP contribution in [0.4, 0.5) is 0 Å². The summed E-state index contributed by atoms with van der Waals surface area (Å²) in [5.74, 6) is 2.13. The molecule has 2 heteroatoms. The van der Waals surface area contributed by atoms with E-state index in [2.05, 4.69) is 57.2 Å². The highest BCUT2D eigenvalue weighted by atomic mass is 32.2. The van der Waals surface area contributed by atoms with Gasteiger partial charge in [0.25, 0.3) is 0 Å². The number of hydrogen-bond donors (Lipinski definition) is 1. The van der Waals surface area contributed by atoms with Crippen molar-refractivity contribution in [1.29, 1.82) is 0 Å². The number of nitrogens with two attached hydrogens (primary N) is 1. The summed E-state index contributed by atoms with van der Waals surface area (Å²) in [5.41, 5.74) is 13.8. The maximum absolute atomic E-state index is 5.67. The van der Waals surface area contributed by atoms with Gasteiger partial charge in [0.05, 0.1) is 0 Å². The lowest BCUT2D eigenvalue weighted by atomic mass is 10.1. The normalized spacial score (nSPS) is 10.8. The summed E-state index contributed by atoms with van der Waals surface area (Å²) >= 11 is 1.97. The Morgan fingerprint density at radius 3 is 2.15 bits per heavy atom. The zero-order chi connectivity index (χ0) is 14.5. The average Bonchev–Trinajstić information content (AvgIpc) is 2.39. The van der Waals surface area contributed by atoms with Crippen molar-refractivity contribution < 1.29 is 0 Å². The van der Waals surface area contributed by atoms with Crippen molar-refractivity contribution in [2.45, 2.75) is 38.8 Å². The van der Waals surface area contributed by atoms with Crippen molar-refractivity contribution >= 4 is 11.8 Å². The first-order chi connectivity index (χ1) is 9.58. The topological polar surface area (TPSA) is 26.0 Å². The van der Waals surface area contributed by atoms with E-state index in [1.165, 1.54) is 33.4 Å². The predicted octanol–water partition coefficient (Wildman–Crippen LogP) is 4.50. The lowest BCUT2D eigenvalue weighted by Crippen LogP contribution is -1.98. The first-order valence-corrected chi connectivity index (χ1v) is 8.17. The summed E-state index contributed by atoms with van der Waals surface area (Å²) in [5, 5.41) is 0. The molecule has 106 valence electrons. The molecule has 0 fully saturated rings. The summed E-state index contributed by atoms with van der Waals surface area (Å²) < 4.78 is 0. The summed E-state index contributed by atoms with van der Waals surface area (Å²) in [6, 6.07) is 13.3. The molecule has 0 heterocycles. The Morgan fingerprint density at radius 2 is 1.55 bits per heavy atom. The molecule has 0 saturated heterocycles. The van der Waals surface area contributed by atoms with Crippen molar-refractivity contribution in [3.8, 4) is 0 Å². The zero-order valence-corrected chi connectivity index (χ0v) is 13.4. The van der Waals surface area contributed by atoms with Crippen LogP contribution >= 0.6 is 11.8 Å². The third-order valence-electron chi connectivity index (χ3n) is 3.45. The summed E-state index contributed by atoms with van der Waals surface area (Å²) in [7, 11) is 0. The Kier molecular flexibility index (Phi) is 5.27. The fourth-order valence-electron chi connectivity index (χ4n) is 2.48. The van der Waals surface area contributed by atoms with Crippen LogP contribution < -0.4 is 5.73 Å². The molecule has 0 radical (unpaired) electrons. The lowest BCUT2D eigenvalue weighted by molar-refractivity contribution is 1.06. The molecular weight excluding hydrogens is 262 g/mol. The van der Waals surface area contributed by atoms with Crippen molar-refractivity contribution in [3.05, 3.63) is 69.8 Å². The maximum Gasteiger partial charge on any atom is 0.0190 e.